The van der Waals surface area contributed by atoms with E-state index in [1.807, 2.05) is 31.2 Å². The van der Waals surface area contributed by atoms with Crippen molar-refractivity contribution in [2.24, 2.45) is 0 Å². The molecule has 3 aromatic rings. The number of hydrogen-bond acceptors (Lipinski definition) is 5. The number of methoxy groups -OCH3 is 1. The molecule has 9 heteroatoms. The summed E-state index contributed by atoms with van der Waals surface area (Å²) in [6.45, 7) is 1.68. The van der Waals surface area contributed by atoms with Crippen molar-refractivity contribution in [3.63, 3.8) is 0 Å². The van der Waals surface area contributed by atoms with E-state index < -0.39 is 22.0 Å². The minimum atomic E-state index is -3.95. The molecular weight excluding hydrogens is 464 g/mol. The van der Waals surface area contributed by atoms with Crippen LogP contribution in [0.5, 0.6) is 11.5 Å². The molecule has 0 radical (unpaired) electrons. The Bertz CT molecular complexity index is 1250. The first kappa shape index (κ1) is 22.9. The van der Waals surface area contributed by atoms with E-state index in [2.05, 4.69) is 5.32 Å². The van der Waals surface area contributed by atoms with Gasteiger partial charge in [0.1, 0.15) is 11.5 Å². The molecule has 1 heterocycles. The van der Waals surface area contributed by atoms with Crippen LogP contribution in [-0.4, -0.2) is 34.1 Å². The Morgan fingerprint density at radius 1 is 1.09 bits per heavy atom. The van der Waals surface area contributed by atoms with Gasteiger partial charge >= 0.3 is 0 Å². The van der Waals surface area contributed by atoms with Crippen LogP contribution in [0.25, 0.3) is 0 Å². The highest BCUT2D eigenvalue weighted by Crippen LogP contribution is 2.37. The van der Waals surface area contributed by atoms with Crippen molar-refractivity contribution in [1.82, 2.24) is 5.32 Å². The number of halogens is 1. The number of rotatable bonds is 6. The number of benzene rings is 3. The van der Waals surface area contributed by atoms with E-state index in [0.29, 0.717) is 22.2 Å². The van der Waals surface area contributed by atoms with Crippen molar-refractivity contribution in [2.75, 3.05) is 18.0 Å². The summed E-state index contributed by atoms with van der Waals surface area (Å²) < 4.78 is 39.1. The third kappa shape index (κ3) is 4.77. The molecule has 7 nitrogen and oxygen atoms in total. The summed E-state index contributed by atoms with van der Waals surface area (Å²) in [5.74, 6) is 0.621. The quantitative estimate of drug-likeness (QED) is 0.565. The number of nitrogens with one attached hydrogen (secondary N) is 1. The fourth-order valence-corrected chi connectivity index (χ4v) is 5.18. The lowest BCUT2D eigenvalue weighted by atomic mass is 10.1. The van der Waals surface area contributed by atoms with E-state index in [1.54, 1.807) is 31.4 Å². The second-order valence-corrected chi connectivity index (χ2v) is 9.87. The fraction of sp³-hybridized carbons (Fsp3) is 0.208. The number of ether oxygens (including phenoxy) is 2. The van der Waals surface area contributed by atoms with Crippen LogP contribution in [0.15, 0.2) is 77.7 Å². The predicted octanol–water partition coefficient (Wildman–Crippen LogP) is 4.18. The molecule has 0 fully saturated rings. The fourth-order valence-electron chi connectivity index (χ4n) is 3.58. The highest BCUT2D eigenvalue weighted by Gasteiger charge is 2.37. The molecule has 1 aliphatic heterocycles. The highest BCUT2D eigenvalue weighted by atomic mass is 35.5. The van der Waals surface area contributed by atoms with Crippen molar-refractivity contribution in [3.8, 4) is 11.5 Å². The van der Waals surface area contributed by atoms with Crippen LogP contribution in [0.2, 0.25) is 5.02 Å². The molecular formula is C24H23ClN2O5S. The maximum atomic E-state index is 13.4. The molecule has 0 aromatic heterocycles. The van der Waals surface area contributed by atoms with E-state index in [0.717, 1.165) is 5.56 Å². The molecule has 1 amide bonds. The van der Waals surface area contributed by atoms with Gasteiger partial charge in [-0.05, 0) is 61.0 Å². The van der Waals surface area contributed by atoms with Crippen molar-refractivity contribution in [2.45, 2.75) is 24.0 Å². The first-order valence-corrected chi connectivity index (χ1v) is 12.1. The van der Waals surface area contributed by atoms with Crippen LogP contribution < -0.4 is 19.1 Å². The minimum Gasteiger partial charge on any atom is -0.497 e. The summed E-state index contributed by atoms with van der Waals surface area (Å²) in [4.78, 5) is 13.1. The van der Waals surface area contributed by atoms with Crippen molar-refractivity contribution < 1.29 is 22.7 Å². The van der Waals surface area contributed by atoms with E-state index in [-0.39, 0.29) is 17.5 Å². The zero-order valence-corrected chi connectivity index (χ0v) is 19.6. The van der Waals surface area contributed by atoms with Crippen molar-refractivity contribution >= 4 is 33.2 Å². The molecule has 33 heavy (non-hydrogen) atoms. The number of carbonyl (C=O) groups excluding carboxylic acids is 1. The van der Waals surface area contributed by atoms with E-state index >= 15 is 0 Å². The maximum absolute atomic E-state index is 13.4. The van der Waals surface area contributed by atoms with Gasteiger partial charge < -0.3 is 14.8 Å². The minimum absolute atomic E-state index is 0.0781. The van der Waals surface area contributed by atoms with E-state index in [9.17, 15) is 13.2 Å². The van der Waals surface area contributed by atoms with Gasteiger partial charge in [-0.25, -0.2) is 8.42 Å². The lowest BCUT2D eigenvalue weighted by Gasteiger charge is -2.35. The highest BCUT2D eigenvalue weighted by molar-refractivity contribution is 7.92. The molecule has 1 aliphatic rings. The van der Waals surface area contributed by atoms with Gasteiger partial charge in [-0.2, -0.15) is 0 Å². The standard InChI is InChI=1S/C24H23ClN2O5S/c1-16(17-7-11-19(31-2)12-8-17)26-24(28)23-15-27(21-5-3-4-6-22(21)32-23)33(29,30)20-13-9-18(25)10-14-20/h3-14,16,23H,15H2,1-2H3,(H,26,28). The van der Waals surface area contributed by atoms with Gasteiger partial charge in [0, 0.05) is 5.02 Å². The van der Waals surface area contributed by atoms with E-state index in [4.69, 9.17) is 21.1 Å². The molecule has 0 saturated heterocycles. The van der Waals surface area contributed by atoms with Gasteiger partial charge in [-0.15, -0.1) is 0 Å². The maximum Gasteiger partial charge on any atom is 0.264 e. The first-order valence-electron chi connectivity index (χ1n) is 10.3. The van der Waals surface area contributed by atoms with Crippen LogP contribution in [-0.2, 0) is 14.8 Å². The Balaban J connectivity index is 1.59. The van der Waals surface area contributed by atoms with Gasteiger partial charge in [0.2, 0.25) is 0 Å². The molecule has 2 unspecified atom stereocenters. The number of fused-ring (bicyclic) bond motifs is 1. The van der Waals surface area contributed by atoms with Crippen molar-refractivity contribution in [3.05, 3.63) is 83.4 Å². The largest absolute Gasteiger partial charge is 0.497 e. The number of carbonyl (C=O) groups is 1. The summed E-state index contributed by atoms with van der Waals surface area (Å²) >= 11 is 5.92. The molecule has 0 bridgehead atoms. The third-order valence-electron chi connectivity index (χ3n) is 5.40. The summed E-state index contributed by atoms with van der Waals surface area (Å²) in [6, 6.07) is 19.7. The Morgan fingerprint density at radius 3 is 2.42 bits per heavy atom. The summed E-state index contributed by atoms with van der Waals surface area (Å²) in [5.41, 5.74) is 1.26. The number of para-hydroxylation sites is 2. The van der Waals surface area contributed by atoms with Crippen LogP contribution >= 0.6 is 11.6 Å². The number of sulfonamides is 1. The van der Waals surface area contributed by atoms with Gasteiger partial charge in [0.05, 0.1) is 30.3 Å². The van der Waals surface area contributed by atoms with Crippen LogP contribution in [0.3, 0.4) is 0 Å². The number of amides is 1. The molecule has 0 saturated carbocycles. The van der Waals surface area contributed by atoms with E-state index in [1.165, 1.54) is 28.6 Å². The summed E-state index contributed by atoms with van der Waals surface area (Å²) in [7, 11) is -2.36. The normalized spacial score (nSPS) is 16.3. The summed E-state index contributed by atoms with van der Waals surface area (Å²) in [6.07, 6.45) is -1.03. The number of nitrogens with zero attached hydrogens (tertiary/aromatic N) is 1. The monoisotopic (exact) mass is 486 g/mol. The lowest BCUT2D eigenvalue weighted by molar-refractivity contribution is -0.128. The zero-order chi connectivity index (χ0) is 23.6. The molecule has 2 atom stereocenters. The molecule has 172 valence electrons. The topological polar surface area (TPSA) is 84.9 Å². The van der Waals surface area contributed by atoms with Gasteiger partial charge in [0.25, 0.3) is 15.9 Å². The van der Waals surface area contributed by atoms with Gasteiger partial charge in [-0.1, -0.05) is 35.9 Å². The number of hydrogen-bond donors (Lipinski definition) is 1. The molecule has 1 N–H and O–H groups in total. The van der Waals surface area contributed by atoms with Gasteiger partial charge in [0.15, 0.2) is 6.10 Å². The third-order valence-corrected chi connectivity index (χ3v) is 7.45. The predicted molar refractivity (Wildman–Crippen MR) is 126 cm³/mol. The van der Waals surface area contributed by atoms with Crippen molar-refractivity contribution in [1.29, 1.82) is 0 Å². The summed E-state index contributed by atoms with van der Waals surface area (Å²) in [5, 5.41) is 3.34. The Labute approximate surface area is 197 Å². The second-order valence-electron chi connectivity index (χ2n) is 7.57. The van der Waals surface area contributed by atoms with Crippen LogP contribution in [0.4, 0.5) is 5.69 Å². The Morgan fingerprint density at radius 2 is 1.76 bits per heavy atom. The lowest BCUT2D eigenvalue weighted by Crippen LogP contribution is -2.51. The average Bonchev–Trinajstić information content (AvgIpc) is 2.83. The Kier molecular flexibility index (Phi) is 6.49. The molecule has 3 aromatic carbocycles. The Hall–Kier alpha value is -3.23. The SMILES string of the molecule is COc1ccc(C(C)NC(=O)C2CN(S(=O)(=O)c3ccc(Cl)cc3)c3ccccc3O2)cc1. The smallest absolute Gasteiger partial charge is 0.264 e. The zero-order valence-electron chi connectivity index (χ0n) is 18.1. The first-order chi connectivity index (χ1) is 15.8. The second kappa shape index (κ2) is 9.33. The number of anilines is 1. The van der Waals surface area contributed by atoms with Crippen LogP contribution in [0.1, 0.15) is 18.5 Å². The molecule has 0 spiro atoms. The van der Waals surface area contributed by atoms with Gasteiger partial charge in [-0.3, -0.25) is 9.10 Å². The van der Waals surface area contributed by atoms with Crippen LogP contribution in [0, 0.1) is 0 Å². The average molecular weight is 487 g/mol. The molecule has 0 aliphatic carbocycles. The molecule has 4 rings (SSSR count).